The molecule has 2 aromatic rings. The minimum Gasteiger partial charge on any atom is -0.508 e. The van der Waals surface area contributed by atoms with Crippen molar-refractivity contribution in [2.24, 2.45) is 0 Å². The second-order valence-corrected chi connectivity index (χ2v) is 3.62. The second-order valence-electron chi connectivity index (χ2n) is 3.62. The lowest BCUT2D eigenvalue weighted by molar-refractivity contribution is 0.102. The highest BCUT2D eigenvalue weighted by atomic mass is 16.3. The molecule has 0 fully saturated rings. The third-order valence-corrected chi connectivity index (χ3v) is 2.45. The van der Waals surface area contributed by atoms with Gasteiger partial charge in [0.2, 0.25) is 0 Å². The van der Waals surface area contributed by atoms with Crippen LogP contribution >= 0.6 is 0 Å². The SMILES string of the molecule is Cc1c(O)cccc1NC(=O)c1ccccn1. The largest absolute Gasteiger partial charge is 0.508 e. The van der Waals surface area contributed by atoms with Gasteiger partial charge in [-0.05, 0) is 31.2 Å². The van der Waals surface area contributed by atoms with Gasteiger partial charge in [0.05, 0.1) is 0 Å². The lowest BCUT2D eigenvalue weighted by Gasteiger charge is -2.08. The normalized spacial score (nSPS) is 9.94. The number of phenolic OH excluding ortho intramolecular Hbond substituents is 1. The summed E-state index contributed by atoms with van der Waals surface area (Å²) >= 11 is 0. The van der Waals surface area contributed by atoms with Gasteiger partial charge in [-0.2, -0.15) is 0 Å². The quantitative estimate of drug-likeness (QED) is 0.829. The summed E-state index contributed by atoms with van der Waals surface area (Å²) in [4.78, 5) is 15.8. The molecule has 2 N–H and O–H groups in total. The van der Waals surface area contributed by atoms with Gasteiger partial charge in [-0.25, -0.2) is 0 Å². The predicted octanol–water partition coefficient (Wildman–Crippen LogP) is 2.35. The third kappa shape index (κ3) is 2.42. The summed E-state index contributed by atoms with van der Waals surface area (Å²) in [6, 6.07) is 10.1. The van der Waals surface area contributed by atoms with Crippen LogP contribution in [-0.2, 0) is 0 Å². The molecule has 1 aromatic heterocycles. The molecule has 4 heteroatoms. The molecular weight excluding hydrogens is 216 g/mol. The molecule has 0 aliphatic rings. The second kappa shape index (κ2) is 4.65. The van der Waals surface area contributed by atoms with Gasteiger partial charge in [0.25, 0.3) is 5.91 Å². The number of aromatic nitrogens is 1. The van der Waals surface area contributed by atoms with E-state index in [-0.39, 0.29) is 11.7 Å². The zero-order chi connectivity index (χ0) is 12.3. The van der Waals surface area contributed by atoms with Gasteiger partial charge in [0.1, 0.15) is 11.4 Å². The fourth-order valence-electron chi connectivity index (χ4n) is 1.44. The number of anilines is 1. The Morgan fingerprint density at radius 1 is 1.24 bits per heavy atom. The average molecular weight is 228 g/mol. The summed E-state index contributed by atoms with van der Waals surface area (Å²) in [5.74, 6) is -0.136. The molecule has 86 valence electrons. The number of rotatable bonds is 2. The van der Waals surface area contributed by atoms with Crippen molar-refractivity contribution in [2.75, 3.05) is 5.32 Å². The van der Waals surface area contributed by atoms with Crippen LogP contribution in [0.5, 0.6) is 5.75 Å². The number of hydrogen-bond acceptors (Lipinski definition) is 3. The Bertz CT molecular complexity index is 538. The smallest absolute Gasteiger partial charge is 0.274 e. The third-order valence-electron chi connectivity index (χ3n) is 2.45. The molecule has 4 nitrogen and oxygen atoms in total. The zero-order valence-electron chi connectivity index (χ0n) is 9.34. The van der Waals surface area contributed by atoms with Crippen LogP contribution in [0.4, 0.5) is 5.69 Å². The highest BCUT2D eigenvalue weighted by Crippen LogP contribution is 2.24. The molecule has 0 bridgehead atoms. The Labute approximate surface area is 98.9 Å². The van der Waals surface area contributed by atoms with Crippen molar-refractivity contribution < 1.29 is 9.90 Å². The fraction of sp³-hybridized carbons (Fsp3) is 0.0769. The topological polar surface area (TPSA) is 62.2 Å². The molecule has 0 atom stereocenters. The van der Waals surface area contributed by atoms with E-state index in [1.807, 2.05) is 0 Å². The number of benzene rings is 1. The maximum Gasteiger partial charge on any atom is 0.274 e. The molecule has 0 aliphatic carbocycles. The molecule has 0 saturated heterocycles. The van der Waals surface area contributed by atoms with Crippen LogP contribution in [0.1, 0.15) is 16.1 Å². The highest BCUT2D eigenvalue weighted by molar-refractivity contribution is 6.03. The van der Waals surface area contributed by atoms with E-state index >= 15 is 0 Å². The van der Waals surface area contributed by atoms with Crippen LogP contribution in [0.15, 0.2) is 42.6 Å². The highest BCUT2D eigenvalue weighted by Gasteiger charge is 2.09. The van der Waals surface area contributed by atoms with Gasteiger partial charge in [0, 0.05) is 17.4 Å². The Morgan fingerprint density at radius 3 is 2.76 bits per heavy atom. The predicted molar refractivity (Wildman–Crippen MR) is 65.0 cm³/mol. The number of pyridine rings is 1. The van der Waals surface area contributed by atoms with Gasteiger partial charge in [0.15, 0.2) is 0 Å². The molecule has 0 saturated carbocycles. The summed E-state index contributed by atoms with van der Waals surface area (Å²) in [6.07, 6.45) is 1.56. The Kier molecular flexibility index (Phi) is 3.05. The van der Waals surface area contributed by atoms with Crippen LogP contribution in [-0.4, -0.2) is 16.0 Å². The molecule has 1 aromatic carbocycles. The van der Waals surface area contributed by atoms with Crippen molar-refractivity contribution in [1.29, 1.82) is 0 Å². The van der Waals surface area contributed by atoms with Gasteiger partial charge in [-0.3, -0.25) is 9.78 Å². The van der Waals surface area contributed by atoms with Crippen molar-refractivity contribution in [1.82, 2.24) is 4.98 Å². The van der Waals surface area contributed by atoms with Gasteiger partial charge in [-0.15, -0.1) is 0 Å². The Morgan fingerprint density at radius 2 is 2.06 bits per heavy atom. The molecular formula is C13H12N2O2. The number of phenols is 1. The standard InChI is InChI=1S/C13H12N2O2/c1-9-10(6-4-7-12(9)16)15-13(17)11-5-2-3-8-14-11/h2-8,16H,1H3,(H,15,17). The van der Waals surface area contributed by atoms with Crippen molar-refractivity contribution >= 4 is 11.6 Å². The first kappa shape index (κ1) is 11.1. The number of aromatic hydroxyl groups is 1. The molecule has 17 heavy (non-hydrogen) atoms. The molecule has 1 amide bonds. The Hall–Kier alpha value is -2.36. The van der Waals surface area contributed by atoms with Crippen LogP contribution in [0.2, 0.25) is 0 Å². The molecule has 0 radical (unpaired) electrons. The van der Waals surface area contributed by atoms with Gasteiger partial charge >= 0.3 is 0 Å². The number of carbonyl (C=O) groups is 1. The van der Waals surface area contributed by atoms with Crippen LogP contribution in [0.25, 0.3) is 0 Å². The zero-order valence-corrected chi connectivity index (χ0v) is 9.34. The van der Waals surface area contributed by atoms with E-state index in [1.165, 1.54) is 0 Å². The van der Waals surface area contributed by atoms with E-state index in [0.29, 0.717) is 16.9 Å². The molecule has 1 heterocycles. The van der Waals surface area contributed by atoms with Gasteiger partial charge in [-0.1, -0.05) is 12.1 Å². The monoisotopic (exact) mass is 228 g/mol. The van der Waals surface area contributed by atoms with E-state index in [1.54, 1.807) is 49.5 Å². The minimum atomic E-state index is -0.292. The lowest BCUT2D eigenvalue weighted by atomic mass is 10.2. The number of carbonyl (C=O) groups excluding carboxylic acids is 1. The first-order chi connectivity index (χ1) is 8.18. The summed E-state index contributed by atoms with van der Waals surface area (Å²) in [5, 5.41) is 12.2. The fourth-order valence-corrected chi connectivity index (χ4v) is 1.44. The first-order valence-electron chi connectivity index (χ1n) is 5.19. The Balaban J connectivity index is 2.22. The van der Waals surface area contributed by atoms with Crippen molar-refractivity contribution in [2.45, 2.75) is 6.92 Å². The lowest BCUT2D eigenvalue weighted by Crippen LogP contribution is -2.14. The first-order valence-corrected chi connectivity index (χ1v) is 5.19. The summed E-state index contributed by atoms with van der Waals surface area (Å²) < 4.78 is 0. The summed E-state index contributed by atoms with van der Waals surface area (Å²) in [7, 11) is 0. The summed E-state index contributed by atoms with van der Waals surface area (Å²) in [6.45, 7) is 1.74. The van der Waals surface area contributed by atoms with E-state index in [0.717, 1.165) is 0 Å². The van der Waals surface area contributed by atoms with Crippen molar-refractivity contribution in [3.8, 4) is 5.75 Å². The maximum atomic E-state index is 11.8. The minimum absolute atomic E-state index is 0.156. The van der Waals surface area contributed by atoms with E-state index in [2.05, 4.69) is 10.3 Å². The maximum absolute atomic E-state index is 11.8. The van der Waals surface area contributed by atoms with E-state index < -0.39 is 0 Å². The van der Waals surface area contributed by atoms with Crippen molar-refractivity contribution in [3.63, 3.8) is 0 Å². The average Bonchev–Trinajstić information content (AvgIpc) is 2.36. The van der Waals surface area contributed by atoms with Crippen LogP contribution < -0.4 is 5.32 Å². The molecule has 0 spiro atoms. The number of amides is 1. The molecule has 0 unspecified atom stereocenters. The van der Waals surface area contributed by atoms with Crippen LogP contribution in [0.3, 0.4) is 0 Å². The van der Waals surface area contributed by atoms with E-state index in [4.69, 9.17) is 0 Å². The molecule has 2 rings (SSSR count). The number of nitrogens with zero attached hydrogens (tertiary/aromatic N) is 1. The van der Waals surface area contributed by atoms with E-state index in [9.17, 15) is 9.90 Å². The molecule has 0 aliphatic heterocycles. The number of hydrogen-bond donors (Lipinski definition) is 2. The summed E-state index contributed by atoms with van der Waals surface area (Å²) in [5.41, 5.74) is 1.56. The number of nitrogens with one attached hydrogen (secondary N) is 1. The van der Waals surface area contributed by atoms with Gasteiger partial charge < -0.3 is 10.4 Å². The van der Waals surface area contributed by atoms with Crippen LogP contribution in [0, 0.1) is 6.92 Å². The van der Waals surface area contributed by atoms with Crippen molar-refractivity contribution in [3.05, 3.63) is 53.9 Å².